The molecule has 0 atom stereocenters. The van der Waals surface area contributed by atoms with Crippen molar-refractivity contribution in [2.75, 3.05) is 17.7 Å². The van der Waals surface area contributed by atoms with Gasteiger partial charge in [-0.1, -0.05) is 12.1 Å². The number of nitrogens with zero attached hydrogens (tertiary/aromatic N) is 2. The zero-order valence-corrected chi connectivity index (χ0v) is 14.3. The van der Waals surface area contributed by atoms with Gasteiger partial charge in [-0.15, -0.1) is 0 Å². The van der Waals surface area contributed by atoms with Crippen molar-refractivity contribution in [2.24, 2.45) is 0 Å². The minimum Gasteiger partial charge on any atom is -0.465 e. The van der Waals surface area contributed by atoms with E-state index in [9.17, 15) is 9.18 Å². The Morgan fingerprint density at radius 1 is 1.04 bits per heavy atom. The van der Waals surface area contributed by atoms with E-state index in [1.165, 1.54) is 19.2 Å². The highest BCUT2D eigenvalue weighted by molar-refractivity contribution is 5.96. The van der Waals surface area contributed by atoms with Crippen molar-refractivity contribution in [3.05, 3.63) is 71.7 Å². The minimum atomic E-state index is -0.441. The Balaban J connectivity index is 1.87. The second kappa shape index (κ2) is 7.60. The number of aryl methyl sites for hydroxylation is 1. The lowest BCUT2D eigenvalue weighted by molar-refractivity contribution is 0.0602. The maximum absolute atomic E-state index is 13.0. The summed E-state index contributed by atoms with van der Waals surface area (Å²) in [6, 6.07) is 14.6. The number of halogens is 1. The van der Waals surface area contributed by atoms with E-state index in [0.29, 0.717) is 28.7 Å². The van der Waals surface area contributed by atoms with Crippen molar-refractivity contribution in [3.63, 3.8) is 0 Å². The first-order valence-corrected chi connectivity index (χ1v) is 7.88. The Morgan fingerprint density at radius 2 is 1.77 bits per heavy atom. The molecule has 1 aromatic heterocycles. The Bertz CT molecular complexity index is 929. The van der Waals surface area contributed by atoms with Gasteiger partial charge >= 0.3 is 5.97 Å². The molecular weight excluding hydrogens is 335 g/mol. The predicted molar refractivity (Wildman–Crippen MR) is 97.5 cm³/mol. The standard InChI is InChI=1S/C19H17FN4O2/c1-12-11-17(23-16-6-4-3-5-15(16)18(25)26-2)24-19(21-12)22-14-9-7-13(20)8-10-14/h3-11H,1-2H3,(H2,21,22,23,24). The van der Waals surface area contributed by atoms with E-state index in [4.69, 9.17) is 4.74 Å². The molecule has 0 amide bonds. The number of carbonyl (C=O) groups excluding carboxylic acids is 1. The molecule has 3 aromatic rings. The van der Waals surface area contributed by atoms with Crippen LogP contribution < -0.4 is 10.6 Å². The molecule has 0 bridgehead atoms. The maximum Gasteiger partial charge on any atom is 0.339 e. The fourth-order valence-corrected chi connectivity index (χ4v) is 2.37. The van der Waals surface area contributed by atoms with Gasteiger partial charge < -0.3 is 15.4 Å². The van der Waals surface area contributed by atoms with Crippen molar-refractivity contribution in [1.29, 1.82) is 0 Å². The molecule has 0 fully saturated rings. The first-order chi connectivity index (χ1) is 12.5. The van der Waals surface area contributed by atoms with Crippen LogP contribution in [0, 0.1) is 12.7 Å². The van der Waals surface area contributed by atoms with Crippen LogP contribution in [0.25, 0.3) is 0 Å². The predicted octanol–water partition coefficient (Wildman–Crippen LogP) is 4.20. The maximum atomic E-state index is 13.0. The summed E-state index contributed by atoms with van der Waals surface area (Å²) in [6.45, 7) is 1.83. The summed E-state index contributed by atoms with van der Waals surface area (Å²) in [5.41, 5.74) is 2.37. The van der Waals surface area contributed by atoms with Crippen LogP contribution in [-0.2, 0) is 4.74 Å². The van der Waals surface area contributed by atoms with Gasteiger partial charge in [0.05, 0.1) is 18.4 Å². The molecule has 0 unspecified atom stereocenters. The summed E-state index contributed by atoms with van der Waals surface area (Å²) < 4.78 is 17.8. The van der Waals surface area contributed by atoms with Crippen LogP contribution in [0.1, 0.15) is 16.1 Å². The first-order valence-electron chi connectivity index (χ1n) is 7.88. The summed E-state index contributed by atoms with van der Waals surface area (Å²) in [4.78, 5) is 20.6. The average Bonchev–Trinajstić information content (AvgIpc) is 2.63. The topological polar surface area (TPSA) is 76.1 Å². The summed E-state index contributed by atoms with van der Waals surface area (Å²) in [6.07, 6.45) is 0. The van der Waals surface area contributed by atoms with Crippen LogP contribution in [0.4, 0.5) is 27.5 Å². The van der Waals surface area contributed by atoms with Gasteiger partial charge in [0.15, 0.2) is 0 Å². The highest BCUT2D eigenvalue weighted by Crippen LogP contribution is 2.22. The number of carbonyl (C=O) groups is 1. The molecular formula is C19H17FN4O2. The molecule has 0 radical (unpaired) electrons. The van der Waals surface area contributed by atoms with Crippen LogP contribution in [0.3, 0.4) is 0 Å². The normalized spacial score (nSPS) is 10.3. The van der Waals surface area contributed by atoms with Crippen LogP contribution in [-0.4, -0.2) is 23.0 Å². The van der Waals surface area contributed by atoms with Gasteiger partial charge in [0.25, 0.3) is 0 Å². The highest BCUT2D eigenvalue weighted by Gasteiger charge is 2.12. The number of para-hydroxylation sites is 1. The van der Waals surface area contributed by atoms with Crippen LogP contribution >= 0.6 is 0 Å². The van der Waals surface area contributed by atoms with E-state index in [-0.39, 0.29) is 5.82 Å². The molecule has 1 heterocycles. The number of anilines is 4. The van der Waals surface area contributed by atoms with E-state index < -0.39 is 5.97 Å². The Hall–Kier alpha value is -3.48. The molecule has 0 saturated carbocycles. The van der Waals surface area contributed by atoms with Crippen molar-refractivity contribution >= 4 is 29.1 Å². The fraction of sp³-hybridized carbons (Fsp3) is 0.105. The molecule has 0 aliphatic carbocycles. The molecule has 2 N–H and O–H groups in total. The SMILES string of the molecule is COC(=O)c1ccccc1Nc1cc(C)nc(Nc2ccc(F)cc2)n1. The number of hydrogen-bond acceptors (Lipinski definition) is 6. The quantitative estimate of drug-likeness (QED) is 0.670. The van der Waals surface area contributed by atoms with Gasteiger partial charge in [-0.3, -0.25) is 0 Å². The number of aromatic nitrogens is 2. The molecule has 2 aromatic carbocycles. The van der Waals surface area contributed by atoms with Gasteiger partial charge in [-0.2, -0.15) is 4.98 Å². The van der Waals surface area contributed by atoms with Crippen molar-refractivity contribution in [1.82, 2.24) is 9.97 Å². The molecule has 3 rings (SSSR count). The number of ether oxygens (including phenoxy) is 1. The van der Waals surface area contributed by atoms with E-state index >= 15 is 0 Å². The van der Waals surface area contributed by atoms with Crippen molar-refractivity contribution in [3.8, 4) is 0 Å². The molecule has 0 aliphatic rings. The fourth-order valence-electron chi connectivity index (χ4n) is 2.37. The smallest absolute Gasteiger partial charge is 0.339 e. The van der Waals surface area contributed by atoms with E-state index in [2.05, 4.69) is 20.6 Å². The third kappa shape index (κ3) is 4.13. The van der Waals surface area contributed by atoms with E-state index in [1.54, 1.807) is 42.5 Å². The lowest BCUT2D eigenvalue weighted by Crippen LogP contribution is -2.07. The van der Waals surface area contributed by atoms with Gasteiger partial charge in [0.1, 0.15) is 11.6 Å². The van der Waals surface area contributed by atoms with E-state index in [1.807, 2.05) is 6.92 Å². The summed E-state index contributed by atoms with van der Waals surface area (Å²) >= 11 is 0. The van der Waals surface area contributed by atoms with Crippen LogP contribution in [0.15, 0.2) is 54.6 Å². The zero-order chi connectivity index (χ0) is 18.5. The Kier molecular flexibility index (Phi) is 5.07. The van der Waals surface area contributed by atoms with Crippen LogP contribution in [0.2, 0.25) is 0 Å². The number of benzene rings is 2. The first kappa shape index (κ1) is 17.3. The summed E-state index contributed by atoms with van der Waals surface area (Å²) in [7, 11) is 1.33. The average molecular weight is 352 g/mol. The molecule has 26 heavy (non-hydrogen) atoms. The van der Waals surface area contributed by atoms with Gasteiger partial charge in [-0.25, -0.2) is 14.2 Å². The van der Waals surface area contributed by atoms with Gasteiger partial charge in [0.2, 0.25) is 5.95 Å². The summed E-state index contributed by atoms with van der Waals surface area (Å²) in [5.74, 6) is 0.110. The van der Waals surface area contributed by atoms with Gasteiger partial charge in [0, 0.05) is 17.4 Å². The van der Waals surface area contributed by atoms with Crippen molar-refractivity contribution in [2.45, 2.75) is 6.92 Å². The largest absolute Gasteiger partial charge is 0.465 e. The zero-order valence-electron chi connectivity index (χ0n) is 14.3. The monoisotopic (exact) mass is 352 g/mol. The Labute approximate surface area is 150 Å². The third-order valence-electron chi connectivity index (χ3n) is 3.55. The van der Waals surface area contributed by atoms with E-state index in [0.717, 1.165) is 5.69 Å². The second-order valence-corrected chi connectivity index (χ2v) is 5.51. The molecule has 7 heteroatoms. The molecule has 6 nitrogen and oxygen atoms in total. The molecule has 0 saturated heterocycles. The third-order valence-corrected chi connectivity index (χ3v) is 3.55. The summed E-state index contributed by atoms with van der Waals surface area (Å²) in [5, 5.41) is 6.14. The Morgan fingerprint density at radius 3 is 2.50 bits per heavy atom. The van der Waals surface area contributed by atoms with Crippen molar-refractivity contribution < 1.29 is 13.9 Å². The number of nitrogens with one attached hydrogen (secondary N) is 2. The molecule has 0 spiro atoms. The minimum absolute atomic E-state index is 0.317. The second-order valence-electron chi connectivity index (χ2n) is 5.51. The highest BCUT2D eigenvalue weighted by atomic mass is 19.1. The lowest BCUT2D eigenvalue weighted by Gasteiger charge is -2.12. The number of methoxy groups -OCH3 is 1. The number of esters is 1. The lowest BCUT2D eigenvalue weighted by atomic mass is 10.2. The van der Waals surface area contributed by atoms with Gasteiger partial charge in [-0.05, 0) is 43.3 Å². The molecule has 0 aliphatic heterocycles. The number of hydrogen-bond donors (Lipinski definition) is 2. The molecule has 132 valence electrons. The number of rotatable bonds is 5. The van der Waals surface area contributed by atoms with Crippen LogP contribution in [0.5, 0.6) is 0 Å².